The van der Waals surface area contributed by atoms with Crippen LogP contribution in [0.1, 0.15) is 27.5 Å². The van der Waals surface area contributed by atoms with E-state index in [9.17, 15) is 9.59 Å². The van der Waals surface area contributed by atoms with Crippen LogP contribution in [0.25, 0.3) is 0 Å². The summed E-state index contributed by atoms with van der Waals surface area (Å²) in [6, 6.07) is 9.18. The molecule has 2 aromatic heterocycles. The van der Waals surface area contributed by atoms with E-state index < -0.39 is 11.6 Å². The Balaban J connectivity index is 1.64. The molecule has 0 aliphatic heterocycles. The first-order valence-electron chi connectivity index (χ1n) is 6.83. The summed E-state index contributed by atoms with van der Waals surface area (Å²) in [6.07, 6.45) is 1.97. The van der Waals surface area contributed by atoms with Crippen molar-refractivity contribution in [1.82, 2.24) is 20.6 Å². The van der Waals surface area contributed by atoms with Gasteiger partial charge in [-0.2, -0.15) is 5.21 Å². The molecule has 3 aromatic rings. The lowest BCUT2D eigenvalue weighted by Crippen LogP contribution is -2.18. The van der Waals surface area contributed by atoms with E-state index in [1.807, 2.05) is 24.3 Å². The van der Waals surface area contributed by atoms with E-state index in [-0.39, 0.29) is 12.2 Å². The number of carbonyl (C=O) groups excluding carboxylic acids is 2. The molecule has 0 atom stereocenters. The van der Waals surface area contributed by atoms with Gasteiger partial charge in [-0.15, -0.1) is 10.2 Å². The second kappa shape index (κ2) is 6.22. The van der Waals surface area contributed by atoms with Crippen LogP contribution < -0.4 is 5.73 Å². The van der Waals surface area contributed by atoms with Gasteiger partial charge in [-0.05, 0) is 34.5 Å². The fraction of sp³-hybridized carbons (Fsp3) is 0.133. The van der Waals surface area contributed by atoms with Gasteiger partial charge < -0.3 is 10.2 Å². The lowest BCUT2D eigenvalue weighted by molar-refractivity contribution is -0.114. The van der Waals surface area contributed by atoms with Crippen LogP contribution in [0, 0.1) is 0 Å². The van der Waals surface area contributed by atoms with Crippen LogP contribution in [0.5, 0.6) is 0 Å². The highest BCUT2D eigenvalue weighted by atomic mass is 16.3. The minimum atomic E-state index is -0.778. The smallest absolute Gasteiger partial charge is 0.269 e. The van der Waals surface area contributed by atoms with Gasteiger partial charge >= 0.3 is 0 Å². The Morgan fingerprint density at radius 3 is 2.65 bits per heavy atom. The number of nitrogens with zero attached hydrogens (tertiary/aromatic N) is 3. The highest BCUT2D eigenvalue weighted by molar-refractivity contribution is 6.43. The van der Waals surface area contributed by atoms with Gasteiger partial charge in [0, 0.05) is 18.5 Å². The standard InChI is InChI=1S/C15H13N5O3/c16-11-3-1-9(2-4-11)5-12-6-10(8-23-12)7-13(21)14(22)15-17-19-20-18-15/h1-4,6,8H,5,7,16H2,(H,17,18,19,20). The summed E-state index contributed by atoms with van der Waals surface area (Å²) < 4.78 is 5.43. The van der Waals surface area contributed by atoms with Gasteiger partial charge in [-0.1, -0.05) is 12.1 Å². The number of aromatic nitrogens is 4. The second-order valence-corrected chi connectivity index (χ2v) is 5.00. The largest absolute Gasteiger partial charge is 0.469 e. The summed E-state index contributed by atoms with van der Waals surface area (Å²) in [5, 5.41) is 12.4. The van der Waals surface area contributed by atoms with Crippen LogP contribution in [0.2, 0.25) is 0 Å². The number of H-pyrrole nitrogens is 1. The van der Waals surface area contributed by atoms with Gasteiger partial charge in [0.1, 0.15) is 5.76 Å². The molecule has 116 valence electrons. The third-order valence-corrected chi connectivity index (χ3v) is 3.23. The maximum absolute atomic E-state index is 11.9. The molecule has 3 rings (SSSR count). The van der Waals surface area contributed by atoms with Crippen molar-refractivity contribution in [3.63, 3.8) is 0 Å². The van der Waals surface area contributed by atoms with Crippen molar-refractivity contribution in [2.24, 2.45) is 0 Å². The number of carbonyl (C=O) groups is 2. The predicted molar refractivity (Wildman–Crippen MR) is 79.6 cm³/mol. The molecule has 0 fully saturated rings. The lowest BCUT2D eigenvalue weighted by atomic mass is 10.1. The molecule has 0 saturated heterocycles. The van der Waals surface area contributed by atoms with Gasteiger partial charge in [0.2, 0.25) is 11.6 Å². The molecule has 0 spiro atoms. The molecule has 0 unspecified atom stereocenters. The van der Waals surface area contributed by atoms with E-state index in [1.165, 1.54) is 6.26 Å². The fourth-order valence-corrected chi connectivity index (χ4v) is 2.10. The molecule has 8 nitrogen and oxygen atoms in total. The number of rotatable bonds is 6. The summed E-state index contributed by atoms with van der Waals surface area (Å²) in [4.78, 5) is 23.7. The van der Waals surface area contributed by atoms with E-state index in [0.29, 0.717) is 23.4 Å². The average Bonchev–Trinajstić information content (AvgIpc) is 3.21. The molecular weight excluding hydrogens is 298 g/mol. The summed E-state index contributed by atoms with van der Waals surface area (Å²) in [5.74, 6) is -0.934. The van der Waals surface area contributed by atoms with Crippen molar-refractivity contribution in [2.75, 3.05) is 5.73 Å². The number of Topliss-reactive ketones (excluding diaryl/α,β-unsaturated/α-hetero) is 2. The number of nitrogen functional groups attached to an aromatic ring is 1. The topological polar surface area (TPSA) is 128 Å². The molecule has 2 heterocycles. The highest BCUT2D eigenvalue weighted by Crippen LogP contribution is 2.15. The van der Waals surface area contributed by atoms with E-state index in [0.717, 1.165) is 5.56 Å². The third-order valence-electron chi connectivity index (χ3n) is 3.23. The van der Waals surface area contributed by atoms with Gasteiger partial charge in [-0.3, -0.25) is 9.59 Å². The number of hydrogen-bond acceptors (Lipinski definition) is 7. The van der Waals surface area contributed by atoms with E-state index in [4.69, 9.17) is 10.2 Å². The number of nitrogens with two attached hydrogens (primary N) is 1. The number of benzene rings is 1. The van der Waals surface area contributed by atoms with E-state index in [2.05, 4.69) is 20.6 Å². The van der Waals surface area contributed by atoms with Crippen molar-refractivity contribution in [3.8, 4) is 0 Å². The molecule has 0 saturated carbocycles. The molecule has 3 N–H and O–H groups in total. The summed E-state index contributed by atoms with van der Waals surface area (Å²) in [7, 11) is 0. The molecular formula is C15H13N5O3. The highest BCUT2D eigenvalue weighted by Gasteiger charge is 2.21. The van der Waals surface area contributed by atoms with Gasteiger partial charge in [0.05, 0.1) is 6.26 Å². The first-order valence-corrected chi connectivity index (χ1v) is 6.83. The minimum Gasteiger partial charge on any atom is -0.469 e. The number of hydrogen-bond donors (Lipinski definition) is 2. The average molecular weight is 311 g/mol. The van der Waals surface area contributed by atoms with Crippen LogP contribution >= 0.6 is 0 Å². The van der Waals surface area contributed by atoms with E-state index >= 15 is 0 Å². The monoisotopic (exact) mass is 311 g/mol. The fourth-order valence-electron chi connectivity index (χ4n) is 2.10. The maximum Gasteiger partial charge on any atom is 0.269 e. The molecule has 0 amide bonds. The van der Waals surface area contributed by atoms with Crippen LogP contribution in [-0.4, -0.2) is 32.2 Å². The van der Waals surface area contributed by atoms with Crippen LogP contribution in [0.4, 0.5) is 5.69 Å². The molecule has 0 bridgehead atoms. The van der Waals surface area contributed by atoms with Crippen molar-refractivity contribution in [1.29, 1.82) is 0 Å². The number of furan rings is 1. The number of aromatic amines is 1. The summed E-state index contributed by atoms with van der Waals surface area (Å²) in [6.45, 7) is 0. The lowest BCUT2D eigenvalue weighted by Gasteiger charge is -1.98. The van der Waals surface area contributed by atoms with Crippen molar-refractivity contribution >= 4 is 17.3 Å². The Bertz CT molecular complexity index is 821. The zero-order valence-electron chi connectivity index (χ0n) is 12.0. The zero-order valence-corrected chi connectivity index (χ0v) is 12.0. The molecule has 8 heteroatoms. The Labute approximate surface area is 130 Å². The minimum absolute atomic E-state index is 0.0708. The zero-order chi connectivity index (χ0) is 16.2. The first kappa shape index (κ1) is 14.6. The Morgan fingerprint density at radius 1 is 1.17 bits per heavy atom. The first-order chi connectivity index (χ1) is 11.1. The van der Waals surface area contributed by atoms with E-state index in [1.54, 1.807) is 6.07 Å². The normalized spacial score (nSPS) is 10.6. The number of ketones is 2. The Hall–Kier alpha value is -3.29. The van der Waals surface area contributed by atoms with Gasteiger partial charge in [-0.25, -0.2) is 0 Å². The second-order valence-electron chi connectivity index (χ2n) is 5.00. The Morgan fingerprint density at radius 2 is 1.96 bits per heavy atom. The molecule has 0 radical (unpaired) electrons. The van der Waals surface area contributed by atoms with Gasteiger partial charge in [0.15, 0.2) is 0 Å². The van der Waals surface area contributed by atoms with Crippen LogP contribution in [0.15, 0.2) is 41.0 Å². The number of anilines is 1. The molecule has 0 aliphatic rings. The quantitative estimate of drug-likeness (QED) is 0.394. The number of tetrazole rings is 1. The van der Waals surface area contributed by atoms with Gasteiger partial charge in [0.25, 0.3) is 5.78 Å². The van der Waals surface area contributed by atoms with Crippen molar-refractivity contribution in [2.45, 2.75) is 12.8 Å². The SMILES string of the molecule is Nc1ccc(Cc2cc(CC(=O)C(=O)c3nn[nH]n3)co2)cc1. The molecule has 0 aliphatic carbocycles. The summed E-state index contributed by atoms with van der Waals surface area (Å²) in [5.41, 5.74) is 7.99. The predicted octanol–water partition coefficient (Wildman–Crippen LogP) is 0.960. The van der Waals surface area contributed by atoms with Crippen LogP contribution in [-0.2, 0) is 17.6 Å². The molecule has 1 aromatic carbocycles. The number of nitrogens with one attached hydrogen (secondary N) is 1. The summed E-state index contributed by atoms with van der Waals surface area (Å²) >= 11 is 0. The van der Waals surface area contributed by atoms with Crippen LogP contribution in [0.3, 0.4) is 0 Å². The maximum atomic E-state index is 11.9. The van der Waals surface area contributed by atoms with Crippen molar-refractivity contribution in [3.05, 3.63) is 59.3 Å². The third kappa shape index (κ3) is 3.49. The Kier molecular flexibility index (Phi) is 3.96. The van der Waals surface area contributed by atoms with Crippen molar-refractivity contribution < 1.29 is 14.0 Å². The molecule has 23 heavy (non-hydrogen) atoms.